The number of amides is 1. The molecule has 4 rings (SSSR count). The van der Waals surface area contributed by atoms with E-state index in [0.717, 1.165) is 38.9 Å². The van der Waals surface area contributed by atoms with Crippen LogP contribution in [0.4, 0.5) is 0 Å². The number of aliphatic hydroxyl groups excluding tert-OH is 1. The number of aryl methyl sites for hydroxylation is 1. The van der Waals surface area contributed by atoms with E-state index in [9.17, 15) is 9.90 Å². The molecule has 1 aromatic heterocycles. The number of nitrogens with zero attached hydrogens (tertiary/aromatic N) is 1. The fourth-order valence-electron chi connectivity index (χ4n) is 3.52. The molecule has 0 spiro atoms. The lowest BCUT2D eigenvalue weighted by Crippen LogP contribution is -2.13. The van der Waals surface area contributed by atoms with Gasteiger partial charge in [0.1, 0.15) is 0 Å². The summed E-state index contributed by atoms with van der Waals surface area (Å²) in [6.45, 7) is 2.70. The summed E-state index contributed by atoms with van der Waals surface area (Å²) < 4.78 is 0. The number of aliphatic hydroxyl groups is 1. The fraction of sp³-hybridized carbons (Fsp3) is 0.238. The van der Waals surface area contributed by atoms with Crippen LogP contribution in [-0.4, -0.2) is 22.5 Å². The van der Waals surface area contributed by atoms with Crippen molar-refractivity contribution in [2.24, 2.45) is 0 Å². The Kier molecular flexibility index (Phi) is 3.98. The van der Waals surface area contributed by atoms with Gasteiger partial charge in [0.05, 0.1) is 17.8 Å². The number of rotatable bonds is 3. The molecule has 4 heteroatoms. The predicted octanol–water partition coefficient (Wildman–Crippen LogP) is 3.31. The Morgan fingerprint density at radius 3 is 2.68 bits per heavy atom. The average Bonchev–Trinajstić information content (AvgIpc) is 3.07. The van der Waals surface area contributed by atoms with Crippen molar-refractivity contribution in [2.75, 3.05) is 6.54 Å². The minimum atomic E-state index is -0.0466. The lowest BCUT2D eigenvalue weighted by Gasteiger charge is -2.12. The molecule has 1 unspecified atom stereocenters. The van der Waals surface area contributed by atoms with E-state index in [1.807, 2.05) is 43.3 Å². The van der Waals surface area contributed by atoms with Gasteiger partial charge in [-0.2, -0.15) is 0 Å². The molecule has 25 heavy (non-hydrogen) atoms. The van der Waals surface area contributed by atoms with Gasteiger partial charge < -0.3 is 10.4 Å². The van der Waals surface area contributed by atoms with Gasteiger partial charge in [0.15, 0.2) is 0 Å². The monoisotopic (exact) mass is 332 g/mol. The van der Waals surface area contributed by atoms with Crippen molar-refractivity contribution in [3.05, 3.63) is 65.2 Å². The maximum absolute atomic E-state index is 11.4. The Labute approximate surface area is 146 Å². The number of benzene rings is 2. The summed E-state index contributed by atoms with van der Waals surface area (Å²) in [5.74, 6) is 0.356. The van der Waals surface area contributed by atoms with Gasteiger partial charge >= 0.3 is 0 Å². The van der Waals surface area contributed by atoms with Crippen LogP contribution >= 0.6 is 0 Å². The van der Waals surface area contributed by atoms with Crippen LogP contribution in [0, 0.1) is 6.92 Å². The lowest BCUT2D eigenvalue weighted by atomic mass is 9.95. The van der Waals surface area contributed by atoms with Crippen molar-refractivity contribution in [1.82, 2.24) is 10.3 Å². The highest BCUT2D eigenvalue weighted by Crippen LogP contribution is 2.30. The van der Waals surface area contributed by atoms with Gasteiger partial charge in [0, 0.05) is 35.4 Å². The third-order valence-corrected chi connectivity index (χ3v) is 4.93. The number of pyridine rings is 1. The molecule has 2 aromatic carbocycles. The molecular weight excluding hydrogens is 312 g/mol. The maximum atomic E-state index is 11.4. The lowest BCUT2D eigenvalue weighted by molar-refractivity contribution is -0.119. The minimum absolute atomic E-state index is 0.0466. The van der Waals surface area contributed by atoms with Crippen molar-refractivity contribution in [3.63, 3.8) is 0 Å². The Balaban J connectivity index is 1.75. The zero-order valence-electron chi connectivity index (χ0n) is 14.1. The molecule has 4 nitrogen and oxygen atoms in total. The smallest absolute Gasteiger partial charge is 0.220 e. The number of carbonyl (C=O) groups excluding carboxylic acids is 1. The molecule has 1 aliphatic rings. The summed E-state index contributed by atoms with van der Waals surface area (Å²) in [6, 6.07) is 16.3. The van der Waals surface area contributed by atoms with Crippen LogP contribution in [0.3, 0.4) is 0 Å². The zero-order chi connectivity index (χ0) is 17.4. The third-order valence-electron chi connectivity index (χ3n) is 4.93. The number of nitrogens with one attached hydrogen (secondary N) is 1. The molecule has 1 aliphatic heterocycles. The van der Waals surface area contributed by atoms with Gasteiger partial charge in [-0.1, -0.05) is 42.5 Å². The fourth-order valence-corrected chi connectivity index (χ4v) is 3.52. The highest BCUT2D eigenvalue weighted by Gasteiger charge is 2.22. The zero-order valence-corrected chi connectivity index (χ0v) is 14.1. The van der Waals surface area contributed by atoms with Gasteiger partial charge in [-0.3, -0.25) is 4.79 Å². The van der Waals surface area contributed by atoms with E-state index in [4.69, 9.17) is 4.98 Å². The van der Waals surface area contributed by atoms with Gasteiger partial charge in [0.2, 0.25) is 5.91 Å². The molecule has 3 aromatic rings. The summed E-state index contributed by atoms with van der Waals surface area (Å²) in [5, 5.41) is 13.7. The van der Waals surface area contributed by atoms with Crippen molar-refractivity contribution in [3.8, 4) is 11.3 Å². The van der Waals surface area contributed by atoms with Crippen LogP contribution in [0.2, 0.25) is 0 Å². The number of hydrogen-bond donors (Lipinski definition) is 2. The third kappa shape index (κ3) is 2.89. The summed E-state index contributed by atoms with van der Waals surface area (Å²) in [6.07, 6.45) is 0.550. The summed E-state index contributed by atoms with van der Waals surface area (Å²) in [5.41, 5.74) is 5.86. The minimum Gasteiger partial charge on any atom is -0.392 e. The Bertz CT molecular complexity index is 948. The molecule has 0 saturated carbocycles. The molecule has 0 aliphatic carbocycles. The van der Waals surface area contributed by atoms with Gasteiger partial charge in [-0.15, -0.1) is 0 Å². The first kappa shape index (κ1) is 15.8. The quantitative estimate of drug-likeness (QED) is 0.773. The van der Waals surface area contributed by atoms with Crippen LogP contribution in [0.25, 0.3) is 22.2 Å². The second-order valence-electron chi connectivity index (χ2n) is 6.63. The number of hydrogen-bond acceptors (Lipinski definition) is 3. The summed E-state index contributed by atoms with van der Waals surface area (Å²) in [7, 11) is 0. The average molecular weight is 332 g/mol. The molecule has 1 amide bonds. The highest BCUT2D eigenvalue weighted by atomic mass is 16.3. The van der Waals surface area contributed by atoms with E-state index in [-0.39, 0.29) is 18.4 Å². The van der Waals surface area contributed by atoms with E-state index in [0.29, 0.717) is 13.0 Å². The van der Waals surface area contributed by atoms with Gasteiger partial charge in [-0.05, 0) is 24.1 Å². The second kappa shape index (κ2) is 6.30. The molecule has 1 atom stereocenters. The van der Waals surface area contributed by atoms with Crippen molar-refractivity contribution in [2.45, 2.75) is 25.9 Å². The number of carbonyl (C=O) groups is 1. The first-order valence-corrected chi connectivity index (χ1v) is 8.53. The Morgan fingerprint density at radius 2 is 2.00 bits per heavy atom. The largest absolute Gasteiger partial charge is 0.392 e. The maximum Gasteiger partial charge on any atom is 0.220 e. The van der Waals surface area contributed by atoms with E-state index >= 15 is 0 Å². The van der Waals surface area contributed by atoms with E-state index in [1.54, 1.807) is 0 Å². The Morgan fingerprint density at radius 1 is 1.20 bits per heavy atom. The molecule has 0 radical (unpaired) electrons. The van der Waals surface area contributed by atoms with Crippen LogP contribution in [0.15, 0.2) is 48.5 Å². The van der Waals surface area contributed by atoms with E-state index in [2.05, 4.69) is 17.4 Å². The van der Waals surface area contributed by atoms with Crippen LogP contribution in [0.1, 0.15) is 29.0 Å². The molecule has 1 saturated heterocycles. The van der Waals surface area contributed by atoms with Crippen LogP contribution in [-0.2, 0) is 11.4 Å². The van der Waals surface area contributed by atoms with Crippen molar-refractivity contribution in [1.29, 1.82) is 0 Å². The van der Waals surface area contributed by atoms with Crippen molar-refractivity contribution < 1.29 is 9.90 Å². The molecule has 0 bridgehead atoms. The molecule has 126 valence electrons. The topological polar surface area (TPSA) is 62.2 Å². The van der Waals surface area contributed by atoms with E-state index in [1.165, 1.54) is 0 Å². The van der Waals surface area contributed by atoms with Crippen LogP contribution in [0.5, 0.6) is 0 Å². The summed E-state index contributed by atoms with van der Waals surface area (Å²) in [4.78, 5) is 16.2. The number of para-hydroxylation sites is 1. The SMILES string of the molecule is Cc1cccc2cc(CO)c(-c3ccc(C4CNC(=O)C4)cc3)nc12. The Hall–Kier alpha value is -2.72. The molecular formula is C21H20N2O2. The van der Waals surface area contributed by atoms with Gasteiger partial charge in [-0.25, -0.2) is 4.98 Å². The first-order valence-electron chi connectivity index (χ1n) is 8.53. The normalized spacial score (nSPS) is 17.0. The summed E-state index contributed by atoms with van der Waals surface area (Å²) >= 11 is 0. The van der Waals surface area contributed by atoms with Gasteiger partial charge in [0.25, 0.3) is 0 Å². The number of fused-ring (bicyclic) bond motifs is 1. The van der Waals surface area contributed by atoms with E-state index < -0.39 is 0 Å². The predicted molar refractivity (Wildman–Crippen MR) is 98.2 cm³/mol. The van der Waals surface area contributed by atoms with Crippen molar-refractivity contribution >= 4 is 16.8 Å². The standard InChI is InChI=1S/C21H20N2O2/c1-13-3-2-4-16-9-18(12-24)21(23-20(13)16)15-7-5-14(6-8-15)17-10-19(25)22-11-17/h2-9,17,24H,10-12H2,1H3,(H,22,25). The molecule has 1 fully saturated rings. The molecule has 2 N–H and O–H groups in total. The van der Waals surface area contributed by atoms with Crippen LogP contribution < -0.4 is 5.32 Å². The first-order chi connectivity index (χ1) is 12.2. The second-order valence-corrected chi connectivity index (χ2v) is 6.63. The highest BCUT2D eigenvalue weighted by molar-refractivity contribution is 5.86. The molecule has 2 heterocycles. The number of aromatic nitrogens is 1.